The molecule has 2 aliphatic rings. The van der Waals surface area contributed by atoms with E-state index in [0.29, 0.717) is 41.6 Å². The van der Waals surface area contributed by atoms with E-state index in [1.54, 1.807) is 47.4 Å². The summed E-state index contributed by atoms with van der Waals surface area (Å²) in [5.74, 6) is -3.19. The number of anilines is 1. The first-order valence-electron chi connectivity index (χ1n) is 12.6. The summed E-state index contributed by atoms with van der Waals surface area (Å²) in [5, 5.41) is 9.25. The van der Waals surface area contributed by atoms with Crippen molar-refractivity contribution in [2.24, 2.45) is 11.7 Å². The Balaban J connectivity index is 1.28. The van der Waals surface area contributed by atoms with Gasteiger partial charge in [0.1, 0.15) is 5.52 Å². The third-order valence-electron chi connectivity index (χ3n) is 7.23. The minimum atomic E-state index is -1.20. The van der Waals surface area contributed by atoms with Crippen molar-refractivity contribution in [1.29, 1.82) is 0 Å². The summed E-state index contributed by atoms with van der Waals surface area (Å²) < 4.78 is 5.96. The molecular weight excluding hydrogens is 516 g/mol. The number of aromatic carboxylic acids is 1. The molecule has 0 bridgehead atoms. The maximum absolute atomic E-state index is 13.1. The van der Waals surface area contributed by atoms with Crippen molar-refractivity contribution in [3.8, 4) is 11.5 Å². The standard InChI is InChI=1S/C29H22N4O7/c30-24(34)18-4-2-10-32(14-18)26(35)16-7-9-22-23(13-16)40-25(31-22)15-3-1-5-19(11-15)33-27(36)20-8-6-17(29(38)39)12-21(20)28(33)37/h1,3,5-9,11-13,18H,2,4,10,14H2,(H2,30,34)(H,38,39). The number of carbonyl (C=O) groups excluding carboxylic acids is 4. The molecule has 0 aliphatic carbocycles. The van der Waals surface area contributed by atoms with Gasteiger partial charge >= 0.3 is 5.97 Å². The molecule has 4 aromatic rings. The van der Waals surface area contributed by atoms with E-state index in [-0.39, 0.29) is 46.6 Å². The van der Waals surface area contributed by atoms with Gasteiger partial charge in [-0.2, -0.15) is 0 Å². The summed E-state index contributed by atoms with van der Waals surface area (Å²) in [6.45, 7) is 0.806. The number of oxazole rings is 1. The second kappa shape index (κ2) is 9.45. The fraction of sp³-hybridized carbons (Fsp3) is 0.172. The van der Waals surface area contributed by atoms with Crippen molar-refractivity contribution in [1.82, 2.24) is 9.88 Å². The topological polar surface area (TPSA) is 164 Å². The first-order valence-corrected chi connectivity index (χ1v) is 12.6. The lowest BCUT2D eigenvalue weighted by atomic mass is 9.97. The fourth-order valence-electron chi connectivity index (χ4n) is 5.14. The predicted molar refractivity (Wildman–Crippen MR) is 142 cm³/mol. The van der Waals surface area contributed by atoms with Crippen LogP contribution in [0, 0.1) is 5.92 Å². The van der Waals surface area contributed by atoms with Gasteiger partial charge in [0, 0.05) is 24.2 Å². The predicted octanol–water partition coefficient (Wildman–Crippen LogP) is 3.33. The van der Waals surface area contributed by atoms with Crippen LogP contribution in [-0.4, -0.2) is 57.7 Å². The maximum Gasteiger partial charge on any atom is 0.335 e. The van der Waals surface area contributed by atoms with Gasteiger partial charge in [0.15, 0.2) is 5.58 Å². The van der Waals surface area contributed by atoms with Gasteiger partial charge in [0.2, 0.25) is 11.8 Å². The zero-order chi connectivity index (χ0) is 28.1. The molecule has 0 saturated carbocycles. The number of hydrogen-bond acceptors (Lipinski definition) is 7. The van der Waals surface area contributed by atoms with Gasteiger partial charge in [-0.1, -0.05) is 6.07 Å². The summed E-state index contributed by atoms with van der Waals surface area (Å²) in [5.41, 5.74) is 7.52. The second-order valence-corrected chi connectivity index (χ2v) is 9.76. The van der Waals surface area contributed by atoms with E-state index in [1.165, 1.54) is 18.2 Å². The van der Waals surface area contributed by atoms with Gasteiger partial charge in [-0.15, -0.1) is 0 Å². The Morgan fingerprint density at radius 3 is 2.50 bits per heavy atom. The van der Waals surface area contributed by atoms with Crippen molar-refractivity contribution in [3.63, 3.8) is 0 Å². The minimum Gasteiger partial charge on any atom is -0.478 e. The molecule has 1 saturated heterocycles. The molecule has 1 atom stereocenters. The summed E-state index contributed by atoms with van der Waals surface area (Å²) >= 11 is 0. The van der Waals surface area contributed by atoms with Crippen LogP contribution in [-0.2, 0) is 4.79 Å². The van der Waals surface area contributed by atoms with E-state index in [9.17, 15) is 29.1 Å². The number of rotatable bonds is 5. The molecule has 4 amide bonds. The average Bonchev–Trinajstić information content (AvgIpc) is 3.50. The number of fused-ring (bicyclic) bond motifs is 2. The largest absolute Gasteiger partial charge is 0.478 e. The number of nitrogens with zero attached hydrogens (tertiary/aromatic N) is 3. The normalized spacial score (nSPS) is 16.9. The van der Waals surface area contributed by atoms with Gasteiger partial charge in [0.05, 0.1) is 28.3 Å². The van der Waals surface area contributed by atoms with Crippen molar-refractivity contribution >= 4 is 46.4 Å². The average molecular weight is 539 g/mol. The zero-order valence-electron chi connectivity index (χ0n) is 21.0. The highest BCUT2D eigenvalue weighted by Crippen LogP contribution is 2.33. The smallest absolute Gasteiger partial charge is 0.335 e. The summed E-state index contributed by atoms with van der Waals surface area (Å²) in [6, 6.07) is 15.2. The molecule has 1 unspecified atom stereocenters. The van der Waals surface area contributed by atoms with Crippen LogP contribution in [0.15, 0.2) is 65.1 Å². The van der Waals surface area contributed by atoms with Crippen LogP contribution >= 0.6 is 0 Å². The number of likely N-dealkylation sites (tertiary alicyclic amines) is 1. The Hall–Kier alpha value is -5.32. The molecule has 1 aromatic heterocycles. The lowest BCUT2D eigenvalue weighted by Gasteiger charge is -2.31. The molecule has 0 spiro atoms. The molecular formula is C29H22N4O7. The molecule has 0 radical (unpaired) electrons. The Morgan fingerprint density at radius 1 is 0.950 bits per heavy atom. The Morgan fingerprint density at radius 2 is 1.73 bits per heavy atom. The van der Waals surface area contributed by atoms with E-state index in [1.807, 2.05) is 0 Å². The maximum atomic E-state index is 13.1. The number of carboxylic acid groups (broad SMARTS) is 1. The fourth-order valence-corrected chi connectivity index (χ4v) is 5.14. The monoisotopic (exact) mass is 538 g/mol. The number of carbonyl (C=O) groups is 5. The van der Waals surface area contributed by atoms with E-state index < -0.39 is 23.7 Å². The molecule has 200 valence electrons. The van der Waals surface area contributed by atoms with Crippen LogP contribution in [0.25, 0.3) is 22.6 Å². The number of amides is 4. The highest BCUT2D eigenvalue weighted by Gasteiger charge is 2.37. The second-order valence-electron chi connectivity index (χ2n) is 9.76. The molecule has 2 aliphatic heterocycles. The van der Waals surface area contributed by atoms with Crippen molar-refractivity contribution < 1.29 is 33.5 Å². The van der Waals surface area contributed by atoms with Crippen molar-refractivity contribution in [3.05, 3.63) is 82.9 Å². The number of primary amides is 1. The number of carboxylic acids is 1. The van der Waals surface area contributed by atoms with Crippen LogP contribution in [0.5, 0.6) is 0 Å². The summed E-state index contributed by atoms with van der Waals surface area (Å²) in [4.78, 5) is 69.2. The number of piperidine rings is 1. The summed E-state index contributed by atoms with van der Waals surface area (Å²) in [6.07, 6.45) is 1.35. The first kappa shape index (κ1) is 25.0. The van der Waals surface area contributed by atoms with Crippen LogP contribution in [0.4, 0.5) is 5.69 Å². The quantitative estimate of drug-likeness (QED) is 0.365. The number of aromatic nitrogens is 1. The zero-order valence-corrected chi connectivity index (χ0v) is 21.0. The minimum absolute atomic E-state index is 0.0187. The van der Waals surface area contributed by atoms with E-state index in [2.05, 4.69) is 4.98 Å². The van der Waals surface area contributed by atoms with E-state index in [4.69, 9.17) is 10.2 Å². The molecule has 6 rings (SSSR count). The van der Waals surface area contributed by atoms with Gasteiger partial charge in [-0.25, -0.2) is 14.7 Å². The summed E-state index contributed by atoms with van der Waals surface area (Å²) in [7, 11) is 0. The van der Waals surface area contributed by atoms with Crippen LogP contribution < -0.4 is 10.6 Å². The molecule has 11 nitrogen and oxygen atoms in total. The molecule has 3 N–H and O–H groups in total. The third-order valence-corrected chi connectivity index (χ3v) is 7.23. The highest BCUT2D eigenvalue weighted by atomic mass is 16.4. The number of imide groups is 1. The Bertz CT molecular complexity index is 1760. The molecule has 3 heterocycles. The lowest BCUT2D eigenvalue weighted by Crippen LogP contribution is -2.44. The van der Waals surface area contributed by atoms with Gasteiger partial charge < -0.3 is 20.2 Å². The SMILES string of the molecule is NC(=O)C1CCCN(C(=O)c2ccc3nc(-c4cccc(N5C(=O)c6ccc(C(=O)O)cc6C5=O)c4)oc3c2)C1. The number of nitrogens with two attached hydrogens (primary N) is 1. The van der Waals surface area contributed by atoms with E-state index in [0.717, 1.165) is 4.90 Å². The third kappa shape index (κ3) is 4.17. The molecule has 40 heavy (non-hydrogen) atoms. The van der Waals surface area contributed by atoms with Gasteiger partial charge in [0.25, 0.3) is 17.7 Å². The Kier molecular flexibility index (Phi) is 5.91. The highest BCUT2D eigenvalue weighted by molar-refractivity contribution is 6.34. The Labute approximate surface area is 226 Å². The van der Waals surface area contributed by atoms with Crippen molar-refractivity contribution in [2.45, 2.75) is 12.8 Å². The van der Waals surface area contributed by atoms with Crippen LogP contribution in [0.2, 0.25) is 0 Å². The van der Waals surface area contributed by atoms with Crippen LogP contribution in [0.3, 0.4) is 0 Å². The number of benzene rings is 3. The van der Waals surface area contributed by atoms with Crippen molar-refractivity contribution in [2.75, 3.05) is 18.0 Å². The van der Waals surface area contributed by atoms with Crippen LogP contribution in [0.1, 0.15) is 54.3 Å². The molecule has 3 aromatic carbocycles. The van der Waals surface area contributed by atoms with Gasteiger partial charge in [-0.05, 0) is 67.4 Å². The molecule has 1 fully saturated rings. The first-order chi connectivity index (χ1) is 19.2. The molecule has 11 heteroatoms. The lowest BCUT2D eigenvalue weighted by molar-refractivity contribution is -0.123. The van der Waals surface area contributed by atoms with E-state index >= 15 is 0 Å². The number of hydrogen-bond donors (Lipinski definition) is 2. The van der Waals surface area contributed by atoms with Gasteiger partial charge in [-0.3, -0.25) is 19.2 Å².